The van der Waals surface area contributed by atoms with E-state index in [2.05, 4.69) is 4.74 Å². The first-order valence-corrected chi connectivity index (χ1v) is 7.86. The molecule has 1 fully saturated rings. The summed E-state index contributed by atoms with van der Waals surface area (Å²) in [6.07, 6.45) is -0.903. The molecule has 0 aromatic heterocycles. The summed E-state index contributed by atoms with van der Waals surface area (Å²) in [5, 5.41) is 0. The van der Waals surface area contributed by atoms with E-state index in [1.54, 1.807) is 19.1 Å². The summed E-state index contributed by atoms with van der Waals surface area (Å²) in [6, 6.07) is 4.72. The summed E-state index contributed by atoms with van der Waals surface area (Å²) < 4.78 is 36.4. The Bertz CT molecular complexity index is 644. The number of anilines is 1. The van der Waals surface area contributed by atoms with Gasteiger partial charge in [0.15, 0.2) is 6.10 Å². The summed E-state index contributed by atoms with van der Waals surface area (Å²) in [7, 11) is -2.49. The van der Waals surface area contributed by atoms with Crippen molar-refractivity contribution in [2.75, 3.05) is 32.5 Å². The maximum Gasteiger partial charge on any atom is 0.336 e. The van der Waals surface area contributed by atoms with Crippen LogP contribution in [0.3, 0.4) is 0 Å². The molecule has 0 spiro atoms. The van der Waals surface area contributed by atoms with E-state index >= 15 is 0 Å². The number of rotatable bonds is 3. The van der Waals surface area contributed by atoms with Gasteiger partial charge in [0.05, 0.1) is 25.2 Å². The number of morpholine rings is 1. The standard InChI is InChI=1S/C13H18N2O5S/c1-9-3-4-10(14)7-12(9)21(17,18)15-5-6-20-11(8-15)13(16)19-2/h3-4,7,11H,5-6,8,14H2,1-2H3. The van der Waals surface area contributed by atoms with E-state index in [9.17, 15) is 13.2 Å². The maximum absolute atomic E-state index is 12.7. The van der Waals surface area contributed by atoms with Crippen LogP contribution in [0.15, 0.2) is 23.1 Å². The number of nitrogens with two attached hydrogens (primary N) is 1. The van der Waals surface area contributed by atoms with Crippen molar-refractivity contribution in [1.29, 1.82) is 0 Å². The third kappa shape index (κ3) is 3.17. The molecule has 0 aliphatic carbocycles. The van der Waals surface area contributed by atoms with Gasteiger partial charge in [-0.05, 0) is 24.6 Å². The Morgan fingerprint density at radius 3 is 2.86 bits per heavy atom. The molecular formula is C13H18N2O5S. The van der Waals surface area contributed by atoms with Crippen molar-refractivity contribution in [3.8, 4) is 0 Å². The van der Waals surface area contributed by atoms with Gasteiger partial charge in [-0.3, -0.25) is 0 Å². The lowest BCUT2D eigenvalue weighted by Gasteiger charge is -2.31. The van der Waals surface area contributed by atoms with Crippen LogP contribution in [0, 0.1) is 6.92 Å². The molecule has 1 heterocycles. The fourth-order valence-electron chi connectivity index (χ4n) is 2.15. The van der Waals surface area contributed by atoms with Crippen LogP contribution in [0.25, 0.3) is 0 Å². The summed E-state index contributed by atoms with van der Waals surface area (Å²) in [6.45, 7) is 1.96. The van der Waals surface area contributed by atoms with Gasteiger partial charge >= 0.3 is 5.97 Å². The molecule has 2 rings (SSSR count). The Labute approximate surface area is 123 Å². The number of nitrogens with zero attached hydrogens (tertiary/aromatic N) is 1. The molecule has 1 unspecified atom stereocenters. The third-order valence-electron chi connectivity index (χ3n) is 3.32. The molecule has 0 amide bonds. The molecule has 1 atom stereocenters. The highest BCUT2D eigenvalue weighted by Crippen LogP contribution is 2.24. The number of carbonyl (C=O) groups is 1. The first-order chi connectivity index (χ1) is 9.86. The van der Waals surface area contributed by atoms with Gasteiger partial charge in [0, 0.05) is 12.2 Å². The van der Waals surface area contributed by atoms with Crippen molar-refractivity contribution in [2.45, 2.75) is 17.9 Å². The van der Waals surface area contributed by atoms with Gasteiger partial charge in [0.2, 0.25) is 10.0 Å². The van der Waals surface area contributed by atoms with Crippen LogP contribution < -0.4 is 5.73 Å². The molecule has 8 heteroatoms. The molecule has 7 nitrogen and oxygen atoms in total. The van der Waals surface area contributed by atoms with Gasteiger partial charge in [-0.25, -0.2) is 13.2 Å². The van der Waals surface area contributed by atoms with Gasteiger partial charge in [0.25, 0.3) is 0 Å². The lowest BCUT2D eigenvalue weighted by molar-refractivity contribution is -0.157. The van der Waals surface area contributed by atoms with Crippen LogP contribution in [-0.4, -0.2) is 51.6 Å². The molecular weight excluding hydrogens is 296 g/mol. The van der Waals surface area contributed by atoms with Crippen molar-refractivity contribution >= 4 is 21.7 Å². The highest BCUT2D eigenvalue weighted by atomic mass is 32.2. The SMILES string of the molecule is COC(=O)C1CN(S(=O)(=O)c2cc(N)ccc2C)CCO1. The average molecular weight is 314 g/mol. The molecule has 1 aromatic rings. The predicted octanol–water partition coefficient (Wildman–Crippen LogP) is 0.140. The number of methoxy groups -OCH3 is 1. The molecule has 1 saturated heterocycles. The quantitative estimate of drug-likeness (QED) is 0.629. The van der Waals surface area contributed by atoms with E-state index in [4.69, 9.17) is 10.5 Å². The highest BCUT2D eigenvalue weighted by Gasteiger charge is 2.35. The Morgan fingerprint density at radius 2 is 2.19 bits per heavy atom. The molecule has 1 aliphatic rings. The number of benzene rings is 1. The zero-order chi connectivity index (χ0) is 15.6. The van der Waals surface area contributed by atoms with Gasteiger partial charge in [-0.2, -0.15) is 4.31 Å². The van der Waals surface area contributed by atoms with Gasteiger partial charge < -0.3 is 15.2 Å². The zero-order valence-corrected chi connectivity index (χ0v) is 12.7. The monoisotopic (exact) mass is 314 g/mol. The van der Waals surface area contributed by atoms with Crippen LogP contribution in [0.1, 0.15) is 5.56 Å². The zero-order valence-electron chi connectivity index (χ0n) is 11.9. The molecule has 0 bridgehead atoms. The molecule has 116 valence electrons. The molecule has 0 radical (unpaired) electrons. The predicted molar refractivity (Wildman–Crippen MR) is 76.1 cm³/mol. The second kappa shape index (κ2) is 6.00. The number of aryl methyl sites for hydroxylation is 1. The number of ether oxygens (including phenoxy) is 2. The van der Waals surface area contributed by atoms with Crippen molar-refractivity contribution in [2.24, 2.45) is 0 Å². The van der Waals surface area contributed by atoms with Crippen molar-refractivity contribution < 1.29 is 22.7 Å². The Kier molecular flexibility index (Phi) is 4.50. The van der Waals surface area contributed by atoms with E-state index in [1.807, 2.05) is 0 Å². The minimum Gasteiger partial charge on any atom is -0.467 e. The highest BCUT2D eigenvalue weighted by molar-refractivity contribution is 7.89. The Balaban J connectivity index is 2.31. The lowest BCUT2D eigenvalue weighted by Crippen LogP contribution is -2.48. The molecule has 0 saturated carbocycles. The molecule has 1 aromatic carbocycles. The fraction of sp³-hybridized carbons (Fsp3) is 0.462. The average Bonchev–Trinajstić information content (AvgIpc) is 2.49. The minimum absolute atomic E-state index is 0.0662. The number of hydrogen-bond donors (Lipinski definition) is 1. The summed E-state index contributed by atoms with van der Waals surface area (Å²) in [4.78, 5) is 11.7. The minimum atomic E-state index is -3.72. The van der Waals surface area contributed by atoms with Crippen molar-refractivity contribution in [3.05, 3.63) is 23.8 Å². The normalized spacial score (nSPS) is 20.2. The van der Waals surface area contributed by atoms with Gasteiger partial charge in [0.1, 0.15) is 0 Å². The van der Waals surface area contributed by atoms with Gasteiger partial charge in [-0.15, -0.1) is 0 Å². The van der Waals surface area contributed by atoms with Crippen molar-refractivity contribution in [3.63, 3.8) is 0 Å². The molecule has 2 N–H and O–H groups in total. The maximum atomic E-state index is 12.7. The van der Waals surface area contributed by atoms with E-state index < -0.39 is 22.1 Å². The number of esters is 1. The number of sulfonamides is 1. The first-order valence-electron chi connectivity index (χ1n) is 6.42. The van der Waals surface area contributed by atoms with E-state index in [-0.39, 0.29) is 24.6 Å². The first kappa shape index (κ1) is 15.7. The number of hydrogen-bond acceptors (Lipinski definition) is 6. The Morgan fingerprint density at radius 1 is 1.48 bits per heavy atom. The van der Waals surface area contributed by atoms with Crippen LogP contribution >= 0.6 is 0 Å². The van der Waals surface area contributed by atoms with Gasteiger partial charge in [-0.1, -0.05) is 6.07 Å². The van der Waals surface area contributed by atoms with Crippen LogP contribution in [0.5, 0.6) is 0 Å². The van der Waals surface area contributed by atoms with Crippen molar-refractivity contribution in [1.82, 2.24) is 4.31 Å². The largest absolute Gasteiger partial charge is 0.467 e. The number of nitrogen functional groups attached to an aromatic ring is 1. The lowest BCUT2D eigenvalue weighted by atomic mass is 10.2. The van der Waals surface area contributed by atoms with E-state index in [0.717, 1.165) is 0 Å². The third-order valence-corrected chi connectivity index (χ3v) is 5.33. The summed E-state index contributed by atoms with van der Waals surface area (Å²) in [5.74, 6) is -0.584. The second-order valence-electron chi connectivity index (χ2n) is 4.77. The smallest absolute Gasteiger partial charge is 0.336 e. The number of carbonyl (C=O) groups excluding carboxylic acids is 1. The van der Waals surface area contributed by atoms with Crippen LogP contribution in [0.2, 0.25) is 0 Å². The van der Waals surface area contributed by atoms with E-state index in [1.165, 1.54) is 17.5 Å². The van der Waals surface area contributed by atoms with E-state index in [0.29, 0.717) is 11.3 Å². The molecule has 1 aliphatic heterocycles. The molecule has 21 heavy (non-hydrogen) atoms. The summed E-state index contributed by atoms with van der Waals surface area (Å²) in [5.41, 5.74) is 6.64. The van der Waals surface area contributed by atoms with Crippen LogP contribution in [0.4, 0.5) is 5.69 Å². The summed E-state index contributed by atoms with van der Waals surface area (Å²) >= 11 is 0. The Hall–Kier alpha value is -1.64. The topological polar surface area (TPSA) is 98.9 Å². The fourth-order valence-corrected chi connectivity index (χ4v) is 3.84. The van der Waals surface area contributed by atoms with Crippen LogP contribution in [-0.2, 0) is 24.3 Å². The second-order valence-corrected chi connectivity index (χ2v) is 6.68.